The molecule has 3 heteroatoms. The predicted octanol–water partition coefficient (Wildman–Crippen LogP) is 6.46. The lowest BCUT2D eigenvalue weighted by molar-refractivity contribution is 0.226. The van der Waals surface area contributed by atoms with Crippen LogP contribution in [-0.4, -0.2) is 0 Å². The van der Waals surface area contributed by atoms with Crippen LogP contribution in [0.3, 0.4) is 0 Å². The molecule has 0 radical (unpaired) electrons. The summed E-state index contributed by atoms with van der Waals surface area (Å²) in [6.07, 6.45) is 9.39. The first kappa shape index (κ1) is 16.7. The molecule has 0 heterocycles. The van der Waals surface area contributed by atoms with Crippen molar-refractivity contribution in [2.24, 2.45) is 11.8 Å². The van der Waals surface area contributed by atoms with Crippen molar-refractivity contribution in [3.63, 3.8) is 0 Å². The summed E-state index contributed by atoms with van der Waals surface area (Å²) in [6, 6.07) is 7.29. The molecule has 0 amide bonds. The smallest absolute Gasteiger partial charge is 0.159 e. The van der Waals surface area contributed by atoms with E-state index in [1.54, 1.807) is 6.07 Å². The molecule has 132 valence electrons. The number of rotatable bonds is 2. The van der Waals surface area contributed by atoms with E-state index in [0.717, 1.165) is 48.4 Å². The van der Waals surface area contributed by atoms with Gasteiger partial charge in [-0.15, -0.1) is 0 Å². The van der Waals surface area contributed by atoms with Gasteiger partial charge in [0.25, 0.3) is 0 Å². The summed E-state index contributed by atoms with van der Waals surface area (Å²) in [4.78, 5) is 0. The summed E-state index contributed by atoms with van der Waals surface area (Å²) in [5.41, 5.74) is 2.64. The number of hydrogen-bond acceptors (Lipinski definition) is 0. The Labute approximate surface area is 147 Å². The number of halogens is 3. The maximum absolute atomic E-state index is 15.0. The number of benzene rings is 2. The highest BCUT2D eigenvalue weighted by atomic mass is 19.2. The third kappa shape index (κ3) is 3.21. The van der Waals surface area contributed by atoms with Crippen molar-refractivity contribution >= 4 is 0 Å². The predicted molar refractivity (Wildman–Crippen MR) is 93.8 cm³/mol. The molecule has 0 N–H and O–H groups in total. The van der Waals surface area contributed by atoms with Gasteiger partial charge in [0.1, 0.15) is 5.82 Å². The van der Waals surface area contributed by atoms with Crippen molar-refractivity contribution in [1.82, 2.24) is 0 Å². The molecule has 2 aliphatic rings. The highest BCUT2D eigenvalue weighted by molar-refractivity contribution is 5.66. The van der Waals surface area contributed by atoms with E-state index in [0.29, 0.717) is 17.0 Å². The van der Waals surface area contributed by atoms with E-state index in [-0.39, 0.29) is 5.82 Å². The van der Waals surface area contributed by atoms with Gasteiger partial charge in [-0.05, 0) is 59.9 Å². The molecule has 2 aliphatic carbocycles. The zero-order chi connectivity index (χ0) is 17.4. The molecule has 1 saturated carbocycles. The van der Waals surface area contributed by atoms with Crippen LogP contribution in [0.15, 0.2) is 30.3 Å². The molecule has 0 saturated heterocycles. The maximum Gasteiger partial charge on any atom is 0.159 e. The van der Waals surface area contributed by atoms with Gasteiger partial charge in [-0.25, -0.2) is 13.2 Å². The van der Waals surface area contributed by atoms with Gasteiger partial charge < -0.3 is 0 Å². The van der Waals surface area contributed by atoms with Gasteiger partial charge in [-0.2, -0.15) is 0 Å². The topological polar surface area (TPSA) is 0 Å². The zero-order valence-electron chi connectivity index (χ0n) is 14.3. The van der Waals surface area contributed by atoms with Gasteiger partial charge in [0.2, 0.25) is 0 Å². The Morgan fingerprint density at radius 3 is 2.32 bits per heavy atom. The highest BCUT2D eigenvalue weighted by Crippen LogP contribution is 2.40. The van der Waals surface area contributed by atoms with Crippen LogP contribution in [0, 0.1) is 29.3 Å². The normalized spacial score (nSPS) is 21.2. The highest BCUT2D eigenvalue weighted by Gasteiger charge is 2.29. The van der Waals surface area contributed by atoms with Crippen molar-refractivity contribution in [3.8, 4) is 11.1 Å². The second kappa shape index (κ2) is 6.86. The molecule has 0 bridgehead atoms. The Hall–Kier alpha value is -1.77. The SMILES string of the molecule is Fc1ccc(-c2ccc3c(c2F)CCC(C2CCCCC2)C3)cc1F. The fourth-order valence-electron chi connectivity index (χ4n) is 4.73. The first-order valence-corrected chi connectivity index (χ1v) is 9.39. The molecule has 2 aromatic carbocycles. The van der Waals surface area contributed by atoms with Gasteiger partial charge in [0, 0.05) is 5.56 Å². The molecule has 25 heavy (non-hydrogen) atoms. The van der Waals surface area contributed by atoms with E-state index in [9.17, 15) is 8.78 Å². The van der Waals surface area contributed by atoms with Gasteiger partial charge >= 0.3 is 0 Å². The summed E-state index contributed by atoms with van der Waals surface area (Å²) in [6.45, 7) is 0. The second-order valence-electron chi connectivity index (χ2n) is 7.59. The molecular weight excluding hydrogens is 321 g/mol. The minimum absolute atomic E-state index is 0.259. The molecule has 1 unspecified atom stereocenters. The van der Waals surface area contributed by atoms with E-state index < -0.39 is 11.6 Å². The van der Waals surface area contributed by atoms with Crippen molar-refractivity contribution < 1.29 is 13.2 Å². The summed E-state index contributed by atoms with van der Waals surface area (Å²) in [7, 11) is 0. The largest absolute Gasteiger partial charge is 0.206 e. The van der Waals surface area contributed by atoms with Gasteiger partial charge in [0.05, 0.1) is 0 Å². The van der Waals surface area contributed by atoms with Crippen LogP contribution in [0.5, 0.6) is 0 Å². The number of fused-ring (bicyclic) bond motifs is 1. The summed E-state index contributed by atoms with van der Waals surface area (Å²) >= 11 is 0. The quantitative estimate of drug-likeness (QED) is 0.587. The molecule has 2 aromatic rings. The average molecular weight is 344 g/mol. The third-order valence-corrected chi connectivity index (χ3v) is 6.13. The Balaban J connectivity index is 1.61. The van der Waals surface area contributed by atoms with E-state index in [2.05, 4.69) is 0 Å². The molecular formula is C22H23F3. The molecule has 1 fully saturated rings. The number of hydrogen-bond donors (Lipinski definition) is 0. The first-order chi connectivity index (χ1) is 12.1. The summed E-state index contributed by atoms with van der Waals surface area (Å²) < 4.78 is 41.7. The molecule has 1 atom stereocenters. The lowest BCUT2D eigenvalue weighted by Crippen LogP contribution is -2.25. The van der Waals surface area contributed by atoms with Crippen LogP contribution < -0.4 is 0 Å². The monoisotopic (exact) mass is 344 g/mol. The van der Waals surface area contributed by atoms with Crippen LogP contribution in [0.2, 0.25) is 0 Å². The summed E-state index contributed by atoms with van der Waals surface area (Å²) in [5, 5.41) is 0. The van der Waals surface area contributed by atoms with Crippen LogP contribution in [-0.2, 0) is 12.8 Å². The fourth-order valence-corrected chi connectivity index (χ4v) is 4.73. The van der Waals surface area contributed by atoms with E-state index in [1.807, 2.05) is 6.07 Å². The Morgan fingerprint density at radius 1 is 0.760 bits per heavy atom. The maximum atomic E-state index is 15.0. The summed E-state index contributed by atoms with van der Waals surface area (Å²) in [5.74, 6) is -0.646. The molecule has 0 spiro atoms. The van der Waals surface area contributed by atoms with Crippen molar-refractivity contribution in [2.45, 2.75) is 51.4 Å². The minimum Gasteiger partial charge on any atom is -0.206 e. The zero-order valence-corrected chi connectivity index (χ0v) is 14.3. The van der Waals surface area contributed by atoms with Crippen LogP contribution >= 0.6 is 0 Å². The second-order valence-corrected chi connectivity index (χ2v) is 7.59. The standard InChI is InChI=1S/C22H23F3/c23-20-11-8-17(13-21(20)24)19-10-7-16-12-15(6-9-18(16)22(19)25)14-4-2-1-3-5-14/h7-8,10-11,13-15H,1-6,9,12H2. The van der Waals surface area contributed by atoms with Crippen molar-refractivity contribution in [2.75, 3.05) is 0 Å². The molecule has 0 nitrogen and oxygen atoms in total. The van der Waals surface area contributed by atoms with Gasteiger partial charge in [-0.3, -0.25) is 0 Å². The van der Waals surface area contributed by atoms with Gasteiger partial charge in [-0.1, -0.05) is 50.3 Å². The Morgan fingerprint density at radius 2 is 1.56 bits per heavy atom. The van der Waals surface area contributed by atoms with E-state index in [4.69, 9.17) is 0 Å². The van der Waals surface area contributed by atoms with Crippen LogP contribution in [0.1, 0.15) is 49.7 Å². The Bertz CT molecular complexity index is 775. The van der Waals surface area contributed by atoms with Crippen molar-refractivity contribution in [1.29, 1.82) is 0 Å². The van der Waals surface area contributed by atoms with E-state index >= 15 is 4.39 Å². The Kier molecular flexibility index (Phi) is 4.58. The lowest BCUT2D eigenvalue weighted by atomic mass is 9.71. The van der Waals surface area contributed by atoms with Crippen LogP contribution in [0.25, 0.3) is 11.1 Å². The fraction of sp³-hybridized carbons (Fsp3) is 0.455. The van der Waals surface area contributed by atoms with Crippen molar-refractivity contribution in [3.05, 3.63) is 58.9 Å². The average Bonchev–Trinajstić information content (AvgIpc) is 2.65. The molecule has 4 rings (SSSR count). The van der Waals surface area contributed by atoms with E-state index in [1.165, 1.54) is 38.2 Å². The minimum atomic E-state index is -0.938. The molecule has 0 aliphatic heterocycles. The lowest BCUT2D eigenvalue weighted by Gasteiger charge is -2.34. The van der Waals surface area contributed by atoms with Gasteiger partial charge in [0.15, 0.2) is 11.6 Å². The van der Waals surface area contributed by atoms with Crippen LogP contribution in [0.4, 0.5) is 13.2 Å². The molecule has 0 aromatic heterocycles. The first-order valence-electron chi connectivity index (χ1n) is 9.39. The third-order valence-electron chi connectivity index (χ3n) is 6.13.